The van der Waals surface area contributed by atoms with Gasteiger partial charge < -0.3 is 10.5 Å². The van der Waals surface area contributed by atoms with Crippen LogP contribution < -0.4 is 10.5 Å². The molecule has 0 bridgehead atoms. The molecule has 0 radical (unpaired) electrons. The Morgan fingerprint density at radius 3 is 3.15 bits per heavy atom. The summed E-state index contributed by atoms with van der Waals surface area (Å²) in [6.07, 6.45) is 2.17. The van der Waals surface area contributed by atoms with E-state index < -0.39 is 0 Å². The molecule has 0 heterocycles. The summed E-state index contributed by atoms with van der Waals surface area (Å²) in [6, 6.07) is 6.46. The Morgan fingerprint density at radius 2 is 2.38 bits per heavy atom. The molecule has 0 saturated heterocycles. The monoisotopic (exact) mass is 177 g/mol. The molecule has 1 aliphatic rings. The van der Waals surface area contributed by atoms with Gasteiger partial charge in [-0.05, 0) is 43.0 Å². The van der Waals surface area contributed by atoms with E-state index in [1.807, 2.05) is 13.0 Å². The summed E-state index contributed by atoms with van der Waals surface area (Å²) in [7, 11) is 0. The lowest BCUT2D eigenvalue weighted by Crippen LogP contribution is -2.04. The number of nitrogens with two attached hydrogens (primary N) is 1. The second-order valence-electron chi connectivity index (χ2n) is 3.44. The molecule has 1 aliphatic carbocycles. The van der Waals surface area contributed by atoms with Crippen LogP contribution in [-0.2, 0) is 6.42 Å². The van der Waals surface area contributed by atoms with Gasteiger partial charge in [-0.25, -0.2) is 0 Å². The van der Waals surface area contributed by atoms with Crippen molar-refractivity contribution in [2.45, 2.75) is 25.8 Å². The van der Waals surface area contributed by atoms with Crippen molar-refractivity contribution in [1.29, 1.82) is 0 Å². The highest BCUT2D eigenvalue weighted by Gasteiger charge is 2.18. The van der Waals surface area contributed by atoms with Crippen LogP contribution in [-0.4, -0.2) is 6.61 Å². The van der Waals surface area contributed by atoms with Gasteiger partial charge in [-0.3, -0.25) is 0 Å². The Morgan fingerprint density at radius 1 is 1.54 bits per heavy atom. The van der Waals surface area contributed by atoms with E-state index in [0.717, 1.165) is 25.2 Å². The van der Waals surface area contributed by atoms with E-state index in [4.69, 9.17) is 10.5 Å². The van der Waals surface area contributed by atoms with Crippen LogP contribution >= 0.6 is 0 Å². The minimum absolute atomic E-state index is 0.241. The summed E-state index contributed by atoms with van der Waals surface area (Å²) in [4.78, 5) is 0. The molecule has 0 unspecified atom stereocenters. The van der Waals surface area contributed by atoms with Crippen LogP contribution in [0, 0.1) is 0 Å². The maximum atomic E-state index is 5.93. The standard InChI is InChI=1S/C11H15NO/c1-2-13-9-4-5-10-8(7-9)3-6-11(10)12/h4-5,7,11H,2-3,6,12H2,1H3/t11-/m1/s1. The highest BCUT2D eigenvalue weighted by molar-refractivity contribution is 5.40. The molecule has 0 fully saturated rings. The van der Waals surface area contributed by atoms with E-state index in [0.29, 0.717) is 0 Å². The molecule has 0 amide bonds. The van der Waals surface area contributed by atoms with Crippen molar-refractivity contribution in [3.63, 3.8) is 0 Å². The fourth-order valence-corrected chi connectivity index (χ4v) is 1.88. The fraction of sp³-hybridized carbons (Fsp3) is 0.455. The zero-order valence-electron chi connectivity index (χ0n) is 7.92. The lowest BCUT2D eigenvalue weighted by Gasteiger charge is -2.07. The maximum Gasteiger partial charge on any atom is 0.119 e. The van der Waals surface area contributed by atoms with Crippen molar-refractivity contribution in [2.24, 2.45) is 5.73 Å². The Hall–Kier alpha value is -1.02. The van der Waals surface area contributed by atoms with E-state index in [1.165, 1.54) is 11.1 Å². The van der Waals surface area contributed by atoms with Crippen molar-refractivity contribution < 1.29 is 4.74 Å². The zero-order chi connectivity index (χ0) is 9.26. The zero-order valence-corrected chi connectivity index (χ0v) is 7.92. The molecule has 2 rings (SSSR count). The van der Waals surface area contributed by atoms with Crippen molar-refractivity contribution in [3.05, 3.63) is 29.3 Å². The van der Waals surface area contributed by atoms with Gasteiger partial charge in [-0.2, -0.15) is 0 Å². The second-order valence-corrected chi connectivity index (χ2v) is 3.44. The summed E-state index contributed by atoms with van der Waals surface area (Å²) >= 11 is 0. The average molecular weight is 177 g/mol. The Labute approximate surface area is 78.7 Å². The minimum Gasteiger partial charge on any atom is -0.494 e. The molecule has 0 aliphatic heterocycles. The predicted octanol–water partition coefficient (Wildman–Crippen LogP) is 2.03. The quantitative estimate of drug-likeness (QED) is 0.750. The van der Waals surface area contributed by atoms with Gasteiger partial charge in [-0.1, -0.05) is 6.07 Å². The van der Waals surface area contributed by atoms with Crippen molar-refractivity contribution in [3.8, 4) is 5.75 Å². The van der Waals surface area contributed by atoms with E-state index >= 15 is 0 Å². The molecule has 13 heavy (non-hydrogen) atoms. The first-order valence-corrected chi connectivity index (χ1v) is 4.82. The fourth-order valence-electron chi connectivity index (χ4n) is 1.88. The minimum atomic E-state index is 0.241. The van der Waals surface area contributed by atoms with Crippen molar-refractivity contribution >= 4 is 0 Å². The Bertz CT molecular complexity index is 309. The molecule has 1 aromatic rings. The van der Waals surface area contributed by atoms with Crippen LogP contribution in [0.4, 0.5) is 0 Å². The number of fused-ring (bicyclic) bond motifs is 1. The van der Waals surface area contributed by atoms with E-state index in [2.05, 4.69) is 12.1 Å². The largest absolute Gasteiger partial charge is 0.494 e. The lowest BCUT2D eigenvalue weighted by molar-refractivity contribution is 0.340. The number of hydrogen-bond donors (Lipinski definition) is 1. The topological polar surface area (TPSA) is 35.2 Å². The van der Waals surface area contributed by atoms with Crippen LogP contribution in [0.2, 0.25) is 0 Å². The lowest BCUT2D eigenvalue weighted by atomic mass is 10.1. The summed E-state index contributed by atoms with van der Waals surface area (Å²) in [5, 5.41) is 0. The molecule has 70 valence electrons. The van der Waals surface area contributed by atoms with Gasteiger partial charge in [-0.15, -0.1) is 0 Å². The van der Waals surface area contributed by atoms with Crippen LogP contribution in [0.25, 0.3) is 0 Å². The second kappa shape index (κ2) is 3.38. The third-order valence-corrected chi connectivity index (χ3v) is 2.55. The molecular formula is C11H15NO. The SMILES string of the molecule is CCOc1ccc2c(c1)CC[C@H]2N. The predicted molar refractivity (Wildman–Crippen MR) is 52.9 cm³/mol. The van der Waals surface area contributed by atoms with Gasteiger partial charge in [0.05, 0.1) is 6.61 Å². The number of ether oxygens (including phenoxy) is 1. The highest BCUT2D eigenvalue weighted by atomic mass is 16.5. The smallest absolute Gasteiger partial charge is 0.119 e. The first-order chi connectivity index (χ1) is 6.31. The van der Waals surface area contributed by atoms with Crippen LogP contribution in [0.5, 0.6) is 5.75 Å². The molecule has 1 atom stereocenters. The Balaban J connectivity index is 2.29. The van der Waals surface area contributed by atoms with Crippen molar-refractivity contribution in [1.82, 2.24) is 0 Å². The van der Waals surface area contributed by atoms with E-state index in [9.17, 15) is 0 Å². The van der Waals surface area contributed by atoms with Crippen LogP contribution in [0.3, 0.4) is 0 Å². The summed E-state index contributed by atoms with van der Waals surface area (Å²) in [6.45, 7) is 2.73. The van der Waals surface area contributed by atoms with Gasteiger partial charge in [0, 0.05) is 6.04 Å². The number of aryl methyl sites for hydroxylation is 1. The molecule has 0 spiro atoms. The first-order valence-electron chi connectivity index (χ1n) is 4.82. The Kier molecular flexibility index (Phi) is 2.23. The van der Waals surface area contributed by atoms with Gasteiger partial charge in [0.25, 0.3) is 0 Å². The number of hydrogen-bond acceptors (Lipinski definition) is 2. The average Bonchev–Trinajstić information content (AvgIpc) is 2.48. The van der Waals surface area contributed by atoms with E-state index in [-0.39, 0.29) is 6.04 Å². The summed E-state index contributed by atoms with van der Waals surface area (Å²) in [5.74, 6) is 0.968. The molecule has 0 saturated carbocycles. The number of benzene rings is 1. The van der Waals surface area contributed by atoms with Crippen LogP contribution in [0.15, 0.2) is 18.2 Å². The van der Waals surface area contributed by atoms with E-state index in [1.54, 1.807) is 0 Å². The summed E-state index contributed by atoms with van der Waals surface area (Å²) < 4.78 is 5.43. The molecule has 2 N–H and O–H groups in total. The molecule has 0 aromatic heterocycles. The molecule has 1 aromatic carbocycles. The molecule has 2 nitrogen and oxygen atoms in total. The van der Waals surface area contributed by atoms with Gasteiger partial charge >= 0.3 is 0 Å². The molecule has 2 heteroatoms. The normalized spacial score (nSPS) is 20.0. The van der Waals surface area contributed by atoms with Gasteiger partial charge in [0.2, 0.25) is 0 Å². The maximum absolute atomic E-state index is 5.93. The molecular weight excluding hydrogens is 162 g/mol. The van der Waals surface area contributed by atoms with Gasteiger partial charge in [0.15, 0.2) is 0 Å². The number of rotatable bonds is 2. The third-order valence-electron chi connectivity index (χ3n) is 2.55. The van der Waals surface area contributed by atoms with Gasteiger partial charge in [0.1, 0.15) is 5.75 Å². The first kappa shape index (κ1) is 8.57. The highest BCUT2D eigenvalue weighted by Crippen LogP contribution is 2.31. The summed E-state index contributed by atoms with van der Waals surface area (Å²) in [5.41, 5.74) is 8.58. The van der Waals surface area contributed by atoms with Crippen molar-refractivity contribution in [2.75, 3.05) is 6.61 Å². The third kappa shape index (κ3) is 1.54. The van der Waals surface area contributed by atoms with Crippen LogP contribution in [0.1, 0.15) is 30.5 Å².